The van der Waals surface area contributed by atoms with Crippen LogP contribution in [0.5, 0.6) is 0 Å². The first kappa shape index (κ1) is 45.5. The van der Waals surface area contributed by atoms with E-state index in [1.54, 1.807) is 6.92 Å². The number of aliphatic carboxylic acids is 1. The molecule has 12 heteroatoms. The van der Waals surface area contributed by atoms with E-state index in [2.05, 4.69) is 11.4 Å². The normalized spacial score (nSPS) is 14.0. The SMILES string of the molecule is CCCCCCCCCCCCCCCCCCCCCCCCC(=O)OC[C@H](COP(=O)(O)OC[C@H](N)C(=O)O)OC(=O)CCC. The standard InChI is InChI=1S/C35H68NO10P/c1-3-5-6-7-8-9-10-11-12-13-14-15-16-17-18-19-20-21-22-23-24-25-27-33(37)43-28-31(46-34(38)26-4-2)29-44-47(41,42)45-30-32(36)35(39)40/h31-32H,3-30,36H2,1-2H3,(H,39,40)(H,41,42)/t31-,32+/m1/s1. The minimum Gasteiger partial charge on any atom is -0.480 e. The number of hydrogen-bond acceptors (Lipinski definition) is 9. The Morgan fingerprint density at radius 1 is 0.574 bits per heavy atom. The molecule has 0 aromatic rings. The molecule has 1 unspecified atom stereocenters. The summed E-state index contributed by atoms with van der Waals surface area (Å²) >= 11 is 0. The maximum atomic E-state index is 12.2. The van der Waals surface area contributed by atoms with Crippen LogP contribution in [0, 0.1) is 0 Å². The van der Waals surface area contributed by atoms with E-state index in [1.807, 2.05) is 0 Å². The van der Waals surface area contributed by atoms with Crippen LogP contribution in [0.2, 0.25) is 0 Å². The average molecular weight is 694 g/mol. The fraction of sp³-hybridized carbons (Fsp3) is 0.914. The molecule has 0 bridgehead atoms. The molecule has 0 saturated heterocycles. The molecule has 0 aliphatic rings. The van der Waals surface area contributed by atoms with Crippen molar-refractivity contribution in [2.45, 2.75) is 187 Å². The van der Waals surface area contributed by atoms with Crippen LogP contribution in [0.4, 0.5) is 0 Å². The van der Waals surface area contributed by atoms with E-state index in [0.29, 0.717) is 12.8 Å². The average Bonchev–Trinajstić information content (AvgIpc) is 3.03. The van der Waals surface area contributed by atoms with Crippen LogP contribution < -0.4 is 5.73 Å². The summed E-state index contributed by atoms with van der Waals surface area (Å²) in [6.07, 6.45) is 28.2. The second kappa shape index (κ2) is 31.7. The number of carbonyl (C=O) groups excluding carboxylic acids is 2. The molecule has 0 radical (unpaired) electrons. The lowest BCUT2D eigenvalue weighted by molar-refractivity contribution is -0.161. The minimum atomic E-state index is -4.67. The highest BCUT2D eigenvalue weighted by atomic mass is 31.2. The summed E-state index contributed by atoms with van der Waals surface area (Å²) < 4.78 is 31.8. The Morgan fingerprint density at radius 3 is 1.38 bits per heavy atom. The molecule has 3 atom stereocenters. The second-order valence-electron chi connectivity index (χ2n) is 12.7. The van der Waals surface area contributed by atoms with E-state index in [-0.39, 0.29) is 19.4 Å². The number of hydrogen-bond donors (Lipinski definition) is 3. The highest BCUT2D eigenvalue weighted by molar-refractivity contribution is 7.47. The van der Waals surface area contributed by atoms with Gasteiger partial charge in [-0.1, -0.05) is 149 Å². The van der Waals surface area contributed by atoms with Crippen LogP contribution in [0.15, 0.2) is 0 Å². The first-order valence-electron chi connectivity index (χ1n) is 18.6. The number of phosphoric acid groups is 1. The Bertz CT molecular complexity index is 828. The van der Waals surface area contributed by atoms with Crippen molar-refractivity contribution in [1.82, 2.24) is 0 Å². The Hall–Kier alpha value is -1.52. The van der Waals surface area contributed by atoms with Crippen LogP contribution in [0.1, 0.15) is 174 Å². The number of phosphoric ester groups is 1. The van der Waals surface area contributed by atoms with Crippen molar-refractivity contribution in [2.75, 3.05) is 19.8 Å². The van der Waals surface area contributed by atoms with Crippen molar-refractivity contribution >= 4 is 25.7 Å². The Kier molecular flexibility index (Phi) is 30.7. The lowest BCUT2D eigenvalue weighted by atomic mass is 10.0. The molecular formula is C35H68NO10P. The lowest BCUT2D eigenvalue weighted by Crippen LogP contribution is -2.34. The highest BCUT2D eigenvalue weighted by Crippen LogP contribution is 2.43. The molecule has 4 N–H and O–H groups in total. The van der Waals surface area contributed by atoms with Crippen LogP contribution in [-0.4, -0.2) is 59.9 Å². The molecule has 0 amide bonds. The molecule has 0 aliphatic carbocycles. The van der Waals surface area contributed by atoms with Gasteiger partial charge in [0, 0.05) is 12.8 Å². The van der Waals surface area contributed by atoms with E-state index in [4.69, 9.17) is 24.8 Å². The molecule has 47 heavy (non-hydrogen) atoms. The predicted molar refractivity (Wildman–Crippen MR) is 185 cm³/mol. The topological polar surface area (TPSA) is 172 Å². The molecule has 0 rings (SSSR count). The number of esters is 2. The molecule has 0 spiro atoms. The van der Waals surface area contributed by atoms with Crippen molar-refractivity contribution in [1.29, 1.82) is 0 Å². The van der Waals surface area contributed by atoms with E-state index < -0.39 is 51.1 Å². The Morgan fingerprint density at radius 2 is 0.979 bits per heavy atom. The van der Waals surface area contributed by atoms with Crippen LogP contribution >= 0.6 is 7.82 Å². The number of ether oxygens (including phenoxy) is 2. The zero-order valence-corrected chi connectivity index (χ0v) is 30.5. The van der Waals surface area contributed by atoms with Gasteiger partial charge in [0.15, 0.2) is 6.10 Å². The molecule has 278 valence electrons. The summed E-state index contributed by atoms with van der Waals surface area (Å²) in [6, 6.07) is -1.51. The summed E-state index contributed by atoms with van der Waals surface area (Å²) in [4.78, 5) is 44.7. The van der Waals surface area contributed by atoms with E-state index in [0.717, 1.165) is 19.3 Å². The molecule has 0 saturated carbocycles. The molecule has 0 fully saturated rings. The van der Waals surface area contributed by atoms with E-state index >= 15 is 0 Å². The maximum absolute atomic E-state index is 12.2. The molecular weight excluding hydrogens is 625 g/mol. The van der Waals surface area contributed by atoms with Gasteiger partial charge >= 0.3 is 25.7 Å². The fourth-order valence-electron chi connectivity index (χ4n) is 5.16. The Labute approximate surface area is 285 Å². The van der Waals surface area contributed by atoms with E-state index in [1.165, 1.54) is 116 Å². The van der Waals surface area contributed by atoms with Crippen molar-refractivity contribution < 1.29 is 47.5 Å². The summed E-state index contributed by atoms with van der Waals surface area (Å²) in [5.74, 6) is -2.43. The number of unbranched alkanes of at least 4 members (excludes halogenated alkanes) is 21. The van der Waals surface area contributed by atoms with Crippen molar-refractivity contribution in [3.8, 4) is 0 Å². The lowest BCUT2D eigenvalue weighted by Gasteiger charge is -2.20. The Balaban J connectivity index is 3.82. The molecule has 0 aromatic carbocycles. The predicted octanol–water partition coefficient (Wildman–Crippen LogP) is 8.78. The van der Waals surface area contributed by atoms with Gasteiger partial charge in [0.2, 0.25) is 0 Å². The van der Waals surface area contributed by atoms with Gasteiger partial charge in [-0.2, -0.15) is 0 Å². The fourth-order valence-corrected chi connectivity index (χ4v) is 5.94. The quantitative estimate of drug-likeness (QED) is 0.0329. The largest absolute Gasteiger partial charge is 0.480 e. The van der Waals surface area contributed by atoms with Gasteiger partial charge in [-0.15, -0.1) is 0 Å². The molecule has 0 aromatic heterocycles. The van der Waals surface area contributed by atoms with Gasteiger partial charge in [0.05, 0.1) is 13.2 Å². The van der Waals surface area contributed by atoms with Gasteiger partial charge in [0.25, 0.3) is 0 Å². The van der Waals surface area contributed by atoms with E-state index in [9.17, 15) is 23.8 Å². The van der Waals surface area contributed by atoms with Crippen LogP contribution in [0.3, 0.4) is 0 Å². The summed E-state index contributed by atoms with van der Waals surface area (Å²) in [6.45, 7) is 2.38. The first-order chi connectivity index (χ1) is 22.6. The third-order valence-electron chi connectivity index (χ3n) is 8.07. The number of carboxylic acids is 1. The third-order valence-corrected chi connectivity index (χ3v) is 9.03. The zero-order chi connectivity index (χ0) is 35.0. The zero-order valence-electron chi connectivity index (χ0n) is 29.6. The maximum Gasteiger partial charge on any atom is 0.472 e. The molecule has 11 nitrogen and oxygen atoms in total. The van der Waals surface area contributed by atoms with Gasteiger partial charge in [-0.3, -0.25) is 23.4 Å². The van der Waals surface area contributed by atoms with Crippen LogP contribution in [-0.2, 0) is 37.5 Å². The number of carbonyl (C=O) groups is 3. The monoisotopic (exact) mass is 693 g/mol. The summed E-state index contributed by atoms with van der Waals surface area (Å²) in [7, 11) is -4.67. The second-order valence-corrected chi connectivity index (χ2v) is 14.2. The van der Waals surface area contributed by atoms with Gasteiger partial charge in [-0.05, 0) is 12.8 Å². The van der Waals surface area contributed by atoms with Gasteiger partial charge < -0.3 is 25.2 Å². The first-order valence-corrected chi connectivity index (χ1v) is 20.1. The number of rotatable bonds is 35. The summed E-state index contributed by atoms with van der Waals surface area (Å²) in [5, 5.41) is 8.76. The van der Waals surface area contributed by atoms with Gasteiger partial charge in [0.1, 0.15) is 12.6 Å². The third kappa shape index (κ3) is 31.5. The molecule has 0 aliphatic heterocycles. The van der Waals surface area contributed by atoms with Crippen molar-refractivity contribution in [3.05, 3.63) is 0 Å². The highest BCUT2D eigenvalue weighted by Gasteiger charge is 2.28. The molecule has 0 heterocycles. The number of carboxylic acid groups (broad SMARTS) is 1. The van der Waals surface area contributed by atoms with Crippen molar-refractivity contribution in [2.24, 2.45) is 5.73 Å². The number of nitrogens with two attached hydrogens (primary N) is 1. The van der Waals surface area contributed by atoms with Crippen LogP contribution in [0.25, 0.3) is 0 Å². The summed E-state index contributed by atoms with van der Waals surface area (Å²) in [5.41, 5.74) is 5.25. The smallest absolute Gasteiger partial charge is 0.472 e. The van der Waals surface area contributed by atoms with Gasteiger partial charge in [-0.25, -0.2) is 4.57 Å². The minimum absolute atomic E-state index is 0.116. The van der Waals surface area contributed by atoms with Crippen molar-refractivity contribution in [3.63, 3.8) is 0 Å².